The lowest BCUT2D eigenvalue weighted by molar-refractivity contribution is -0.120. The van der Waals surface area contributed by atoms with Crippen LogP contribution in [0.3, 0.4) is 0 Å². The Labute approximate surface area is 173 Å². The van der Waals surface area contributed by atoms with Gasteiger partial charge in [-0.3, -0.25) is 14.4 Å². The van der Waals surface area contributed by atoms with Gasteiger partial charge in [-0.05, 0) is 43.2 Å². The van der Waals surface area contributed by atoms with Crippen LogP contribution >= 0.6 is 11.8 Å². The number of primary amides is 1. The summed E-state index contributed by atoms with van der Waals surface area (Å²) in [6.45, 7) is 1.80. The Hall–Kier alpha value is -3.00. The second kappa shape index (κ2) is 8.16. The van der Waals surface area contributed by atoms with Crippen molar-refractivity contribution in [1.82, 2.24) is 0 Å². The predicted octanol–water partition coefficient (Wildman–Crippen LogP) is 2.83. The zero-order valence-corrected chi connectivity index (χ0v) is 16.6. The fourth-order valence-corrected chi connectivity index (χ4v) is 4.73. The number of hydrogen-bond acceptors (Lipinski definition) is 5. The quantitative estimate of drug-likeness (QED) is 0.703. The van der Waals surface area contributed by atoms with Gasteiger partial charge in [0.1, 0.15) is 0 Å². The maximum Gasteiger partial charge on any atom is 0.248 e. The van der Waals surface area contributed by atoms with Crippen LogP contribution in [0.5, 0.6) is 0 Å². The van der Waals surface area contributed by atoms with Gasteiger partial charge in [0.05, 0.1) is 22.3 Å². The number of thioether (sulfide) groups is 1. The molecule has 2 aliphatic heterocycles. The lowest BCUT2D eigenvalue weighted by Gasteiger charge is -2.25. The number of benzene rings is 2. The van der Waals surface area contributed by atoms with Gasteiger partial charge in [-0.1, -0.05) is 12.1 Å². The van der Waals surface area contributed by atoms with E-state index in [0.717, 1.165) is 42.2 Å². The zero-order valence-electron chi connectivity index (χ0n) is 15.8. The van der Waals surface area contributed by atoms with Crippen LogP contribution in [0.15, 0.2) is 47.4 Å². The predicted molar refractivity (Wildman–Crippen MR) is 114 cm³/mol. The second-order valence-corrected chi connectivity index (χ2v) is 8.38. The first kappa shape index (κ1) is 19.3. The number of anilines is 3. The number of amides is 3. The second-order valence-electron chi connectivity index (χ2n) is 7.13. The highest BCUT2D eigenvalue weighted by Crippen LogP contribution is 2.37. The van der Waals surface area contributed by atoms with Gasteiger partial charge < -0.3 is 21.3 Å². The number of para-hydroxylation sites is 1. The average Bonchev–Trinajstić information content (AvgIpc) is 3.23. The van der Waals surface area contributed by atoms with Gasteiger partial charge in [0, 0.05) is 30.0 Å². The Kier molecular flexibility index (Phi) is 5.44. The maximum absolute atomic E-state index is 12.7. The number of carbonyl (C=O) groups is 3. The van der Waals surface area contributed by atoms with Gasteiger partial charge in [-0.2, -0.15) is 0 Å². The van der Waals surface area contributed by atoms with Crippen molar-refractivity contribution >= 4 is 46.5 Å². The molecule has 0 spiro atoms. The topological polar surface area (TPSA) is 105 Å². The van der Waals surface area contributed by atoms with E-state index in [1.165, 1.54) is 11.8 Å². The molecule has 29 heavy (non-hydrogen) atoms. The maximum atomic E-state index is 12.7. The van der Waals surface area contributed by atoms with E-state index in [2.05, 4.69) is 15.5 Å². The van der Waals surface area contributed by atoms with E-state index in [-0.39, 0.29) is 18.2 Å². The van der Waals surface area contributed by atoms with Gasteiger partial charge >= 0.3 is 0 Å². The molecule has 0 aliphatic carbocycles. The van der Waals surface area contributed by atoms with Crippen LogP contribution in [0.25, 0.3) is 0 Å². The van der Waals surface area contributed by atoms with Gasteiger partial charge in [0.2, 0.25) is 17.7 Å². The number of hydrogen-bond donors (Lipinski definition) is 3. The lowest BCUT2D eigenvalue weighted by Crippen LogP contribution is -2.32. The number of nitrogens with zero attached hydrogens (tertiary/aromatic N) is 1. The van der Waals surface area contributed by atoms with E-state index in [1.807, 2.05) is 30.3 Å². The molecule has 4 rings (SSSR count). The molecule has 2 aliphatic rings. The Balaban J connectivity index is 1.51. The molecule has 150 valence electrons. The Morgan fingerprint density at radius 2 is 1.93 bits per heavy atom. The highest BCUT2D eigenvalue weighted by Gasteiger charge is 2.29. The summed E-state index contributed by atoms with van der Waals surface area (Å²) in [6.07, 6.45) is 2.21. The summed E-state index contributed by atoms with van der Waals surface area (Å²) in [6, 6.07) is 12.6. The standard InChI is InChI=1S/C21H22N4O3S/c22-20(27)13-7-8-16(25-9-3-4-10-25)15(11-13)23-19(26)12-18-21(28)24-14-5-1-2-6-17(14)29-18/h1-2,5-8,11,18H,3-4,9-10,12H2,(H2,22,27)(H,23,26)(H,24,28). The average molecular weight is 410 g/mol. The van der Waals surface area contributed by atoms with Gasteiger partial charge in [-0.15, -0.1) is 11.8 Å². The van der Waals surface area contributed by atoms with E-state index in [1.54, 1.807) is 12.1 Å². The highest BCUT2D eigenvalue weighted by atomic mass is 32.2. The Morgan fingerprint density at radius 3 is 2.69 bits per heavy atom. The lowest BCUT2D eigenvalue weighted by atomic mass is 10.1. The van der Waals surface area contributed by atoms with Crippen LogP contribution < -0.4 is 21.3 Å². The third-order valence-corrected chi connectivity index (χ3v) is 6.35. The molecule has 2 heterocycles. The summed E-state index contributed by atoms with van der Waals surface area (Å²) in [5.74, 6) is -1.01. The SMILES string of the molecule is NC(=O)c1ccc(N2CCCC2)c(NC(=O)CC2Sc3ccccc3NC2=O)c1. The van der Waals surface area contributed by atoms with Crippen molar-refractivity contribution < 1.29 is 14.4 Å². The van der Waals surface area contributed by atoms with Crippen molar-refractivity contribution in [2.24, 2.45) is 5.73 Å². The Morgan fingerprint density at radius 1 is 1.17 bits per heavy atom. The molecule has 0 saturated carbocycles. The largest absolute Gasteiger partial charge is 0.370 e. The van der Waals surface area contributed by atoms with E-state index < -0.39 is 11.2 Å². The molecule has 1 saturated heterocycles. The molecule has 2 aromatic carbocycles. The van der Waals surface area contributed by atoms with Crippen LogP contribution in [0.2, 0.25) is 0 Å². The molecule has 1 atom stereocenters. The van der Waals surface area contributed by atoms with Gasteiger partial charge in [-0.25, -0.2) is 0 Å². The van der Waals surface area contributed by atoms with Crippen molar-refractivity contribution in [3.63, 3.8) is 0 Å². The zero-order chi connectivity index (χ0) is 20.4. The van der Waals surface area contributed by atoms with Crippen molar-refractivity contribution in [1.29, 1.82) is 0 Å². The Bertz CT molecular complexity index is 972. The van der Waals surface area contributed by atoms with Crippen molar-refractivity contribution in [2.45, 2.75) is 29.4 Å². The summed E-state index contributed by atoms with van der Waals surface area (Å²) in [7, 11) is 0. The molecule has 7 nitrogen and oxygen atoms in total. The monoisotopic (exact) mass is 410 g/mol. The number of fused-ring (bicyclic) bond motifs is 1. The van der Waals surface area contributed by atoms with Crippen LogP contribution in [0, 0.1) is 0 Å². The fraction of sp³-hybridized carbons (Fsp3) is 0.286. The minimum Gasteiger partial charge on any atom is -0.370 e. The molecule has 1 fully saturated rings. The number of nitrogens with two attached hydrogens (primary N) is 1. The molecular formula is C21H22N4O3S. The number of carbonyl (C=O) groups excluding carboxylic acids is 3. The number of nitrogens with one attached hydrogen (secondary N) is 2. The smallest absolute Gasteiger partial charge is 0.248 e. The summed E-state index contributed by atoms with van der Waals surface area (Å²) in [5.41, 5.74) is 7.93. The van der Waals surface area contributed by atoms with Gasteiger partial charge in [0.25, 0.3) is 0 Å². The van der Waals surface area contributed by atoms with E-state index in [9.17, 15) is 14.4 Å². The summed E-state index contributed by atoms with van der Waals surface area (Å²) in [5, 5.41) is 5.23. The molecule has 4 N–H and O–H groups in total. The molecule has 0 aromatic heterocycles. The van der Waals surface area contributed by atoms with Gasteiger partial charge in [0.15, 0.2) is 0 Å². The van der Waals surface area contributed by atoms with E-state index in [4.69, 9.17) is 5.73 Å². The third-order valence-electron chi connectivity index (χ3n) is 5.08. The minimum atomic E-state index is -0.549. The van der Waals surface area contributed by atoms with Crippen molar-refractivity contribution in [3.05, 3.63) is 48.0 Å². The number of rotatable bonds is 5. The molecule has 1 unspecified atom stereocenters. The molecule has 3 amide bonds. The molecule has 8 heteroatoms. The van der Waals surface area contributed by atoms with Crippen LogP contribution in [-0.4, -0.2) is 36.1 Å². The first-order chi connectivity index (χ1) is 14.0. The van der Waals surface area contributed by atoms with E-state index in [0.29, 0.717) is 11.3 Å². The molecule has 0 radical (unpaired) electrons. The van der Waals surface area contributed by atoms with Crippen LogP contribution in [0.1, 0.15) is 29.6 Å². The first-order valence-electron chi connectivity index (χ1n) is 9.56. The summed E-state index contributed by atoms with van der Waals surface area (Å²) >= 11 is 1.38. The van der Waals surface area contributed by atoms with Crippen molar-refractivity contribution in [3.8, 4) is 0 Å². The fourth-order valence-electron chi connectivity index (χ4n) is 3.62. The van der Waals surface area contributed by atoms with Crippen molar-refractivity contribution in [2.75, 3.05) is 28.6 Å². The summed E-state index contributed by atoms with van der Waals surface area (Å²) < 4.78 is 0. The molecule has 2 aromatic rings. The summed E-state index contributed by atoms with van der Waals surface area (Å²) in [4.78, 5) is 39.8. The third kappa shape index (κ3) is 4.22. The highest BCUT2D eigenvalue weighted by molar-refractivity contribution is 8.01. The normalized spacial score (nSPS) is 18.1. The van der Waals surface area contributed by atoms with Crippen LogP contribution in [0.4, 0.5) is 17.1 Å². The first-order valence-corrected chi connectivity index (χ1v) is 10.4. The van der Waals surface area contributed by atoms with E-state index >= 15 is 0 Å². The minimum absolute atomic E-state index is 0.0328. The molecular weight excluding hydrogens is 388 g/mol. The molecule has 0 bridgehead atoms. The van der Waals surface area contributed by atoms with Crippen LogP contribution in [-0.2, 0) is 9.59 Å².